The molecule has 0 saturated carbocycles. The second-order valence-corrected chi connectivity index (χ2v) is 10.0. The number of carbonyl (C=O) groups is 1. The number of aromatic nitrogens is 1. The van der Waals surface area contributed by atoms with Crippen molar-refractivity contribution in [1.29, 1.82) is 0 Å². The molecule has 184 valence electrons. The number of carbonyl (C=O) groups excluding carboxylic acids is 1. The normalized spacial score (nSPS) is 15.5. The predicted octanol–water partition coefficient (Wildman–Crippen LogP) is 4.05. The molecule has 0 aliphatic carbocycles. The molecule has 1 atom stereocenters. The number of benzene rings is 1. The maximum atomic E-state index is 13.6. The Bertz CT molecular complexity index is 1420. The molecule has 1 aromatic carbocycles. The smallest absolute Gasteiger partial charge is 0.338 e. The first-order chi connectivity index (χ1) is 17.0. The highest BCUT2D eigenvalue weighted by molar-refractivity contribution is 7.10. The molecule has 0 N–H and O–H groups in total. The Balaban J connectivity index is 1.76. The zero-order valence-corrected chi connectivity index (χ0v) is 21.8. The van der Waals surface area contributed by atoms with Crippen molar-refractivity contribution < 1.29 is 19.0 Å². The Hall–Kier alpha value is -3.17. The Labute approximate surface area is 211 Å². The van der Waals surface area contributed by atoms with E-state index in [2.05, 4.69) is 11.9 Å². The van der Waals surface area contributed by atoms with Gasteiger partial charge in [0.2, 0.25) is 0 Å². The maximum Gasteiger partial charge on any atom is 0.338 e. The molecule has 4 rings (SSSR count). The van der Waals surface area contributed by atoms with E-state index in [4.69, 9.17) is 14.2 Å². The van der Waals surface area contributed by atoms with Gasteiger partial charge in [0.15, 0.2) is 16.3 Å². The molecular formula is C26H28N2O5S2. The predicted molar refractivity (Wildman–Crippen MR) is 138 cm³/mol. The van der Waals surface area contributed by atoms with E-state index in [1.807, 2.05) is 41.8 Å². The number of hydrogen-bond acceptors (Lipinski definition) is 8. The molecule has 1 aliphatic rings. The van der Waals surface area contributed by atoms with E-state index in [0.29, 0.717) is 38.7 Å². The highest BCUT2D eigenvalue weighted by Gasteiger charge is 2.33. The molecule has 0 saturated heterocycles. The molecule has 3 heterocycles. The number of thiazole rings is 1. The lowest BCUT2D eigenvalue weighted by Crippen LogP contribution is -2.39. The summed E-state index contributed by atoms with van der Waals surface area (Å²) in [5.74, 6) is 0.805. The SMILES string of the molecule is CCCCCOc1ccc(/C=c2/sc3n(c2=O)[C@@H](c2cccs2)C(C(=O)OC)=C(C)N=3)cc1OC. The number of fused-ring (bicyclic) bond motifs is 1. The van der Waals surface area contributed by atoms with Gasteiger partial charge >= 0.3 is 5.97 Å². The molecule has 0 radical (unpaired) electrons. The zero-order chi connectivity index (χ0) is 24.9. The van der Waals surface area contributed by atoms with Crippen molar-refractivity contribution in [2.45, 2.75) is 39.2 Å². The second kappa shape index (κ2) is 11.0. The lowest BCUT2D eigenvalue weighted by molar-refractivity contribution is -0.136. The van der Waals surface area contributed by atoms with Gasteiger partial charge in [-0.25, -0.2) is 9.79 Å². The molecule has 35 heavy (non-hydrogen) atoms. The number of allylic oxidation sites excluding steroid dienone is 1. The summed E-state index contributed by atoms with van der Waals surface area (Å²) in [6.45, 7) is 4.56. The van der Waals surface area contributed by atoms with Crippen molar-refractivity contribution in [2.75, 3.05) is 20.8 Å². The van der Waals surface area contributed by atoms with Gasteiger partial charge in [-0.1, -0.05) is 43.2 Å². The molecule has 7 nitrogen and oxygen atoms in total. The summed E-state index contributed by atoms with van der Waals surface area (Å²) < 4.78 is 18.5. The molecule has 0 bridgehead atoms. The number of ether oxygens (including phenoxy) is 3. The molecule has 0 spiro atoms. The van der Waals surface area contributed by atoms with Crippen LogP contribution in [0.2, 0.25) is 0 Å². The van der Waals surface area contributed by atoms with E-state index < -0.39 is 12.0 Å². The Morgan fingerprint density at radius 3 is 2.71 bits per heavy atom. The fourth-order valence-corrected chi connectivity index (χ4v) is 5.86. The Morgan fingerprint density at radius 1 is 1.20 bits per heavy atom. The lowest BCUT2D eigenvalue weighted by atomic mass is 10.0. The summed E-state index contributed by atoms with van der Waals surface area (Å²) >= 11 is 2.78. The van der Waals surface area contributed by atoms with Crippen LogP contribution in [-0.2, 0) is 9.53 Å². The van der Waals surface area contributed by atoms with Gasteiger partial charge in [-0.05, 0) is 48.6 Å². The summed E-state index contributed by atoms with van der Waals surface area (Å²) in [7, 11) is 2.94. The van der Waals surface area contributed by atoms with Gasteiger partial charge < -0.3 is 14.2 Å². The number of rotatable bonds is 9. The van der Waals surface area contributed by atoms with Crippen molar-refractivity contribution in [3.8, 4) is 11.5 Å². The van der Waals surface area contributed by atoms with Crippen molar-refractivity contribution in [3.05, 3.63) is 77.1 Å². The summed E-state index contributed by atoms with van der Waals surface area (Å²) in [6, 6.07) is 8.86. The van der Waals surface area contributed by atoms with E-state index >= 15 is 0 Å². The van der Waals surface area contributed by atoms with Crippen LogP contribution in [-0.4, -0.2) is 31.4 Å². The van der Waals surface area contributed by atoms with Crippen molar-refractivity contribution >= 4 is 34.7 Å². The number of esters is 1. The summed E-state index contributed by atoms with van der Waals surface area (Å²) in [4.78, 5) is 32.2. The average molecular weight is 513 g/mol. The van der Waals surface area contributed by atoms with Crippen LogP contribution in [0.1, 0.15) is 49.6 Å². The van der Waals surface area contributed by atoms with Crippen LogP contribution in [0.15, 0.2) is 56.8 Å². The quantitative estimate of drug-likeness (QED) is 0.319. The van der Waals surface area contributed by atoms with Gasteiger partial charge in [0.1, 0.15) is 6.04 Å². The second-order valence-electron chi connectivity index (χ2n) is 8.05. The fraction of sp³-hybridized carbons (Fsp3) is 0.346. The van der Waals surface area contributed by atoms with Crippen LogP contribution < -0.4 is 24.4 Å². The van der Waals surface area contributed by atoms with Crippen LogP contribution in [0.25, 0.3) is 6.08 Å². The van der Waals surface area contributed by atoms with Crippen molar-refractivity contribution in [1.82, 2.24) is 4.57 Å². The third-order valence-electron chi connectivity index (χ3n) is 5.73. The third-order valence-corrected chi connectivity index (χ3v) is 7.64. The van der Waals surface area contributed by atoms with E-state index in [0.717, 1.165) is 29.7 Å². The van der Waals surface area contributed by atoms with Gasteiger partial charge in [-0.2, -0.15) is 0 Å². The van der Waals surface area contributed by atoms with Crippen LogP contribution in [0.3, 0.4) is 0 Å². The summed E-state index contributed by atoms with van der Waals surface area (Å²) in [6.07, 6.45) is 5.05. The fourth-order valence-electron chi connectivity index (χ4n) is 3.99. The minimum Gasteiger partial charge on any atom is -0.493 e. The zero-order valence-electron chi connectivity index (χ0n) is 20.2. The van der Waals surface area contributed by atoms with Gasteiger partial charge in [0.05, 0.1) is 36.6 Å². The van der Waals surface area contributed by atoms with E-state index in [1.165, 1.54) is 29.8 Å². The van der Waals surface area contributed by atoms with Crippen LogP contribution in [0, 0.1) is 0 Å². The minimum absolute atomic E-state index is 0.208. The van der Waals surface area contributed by atoms with Gasteiger partial charge in [0, 0.05) is 4.88 Å². The monoisotopic (exact) mass is 512 g/mol. The Morgan fingerprint density at radius 2 is 2.03 bits per heavy atom. The van der Waals surface area contributed by atoms with E-state index in [9.17, 15) is 9.59 Å². The van der Waals surface area contributed by atoms with Crippen molar-refractivity contribution in [2.24, 2.45) is 4.99 Å². The summed E-state index contributed by atoms with van der Waals surface area (Å²) in [5.41, 5.74) is 1.53. The number of methoxy groups -OCH3 is 2. The molecular weight excluding hydrogens is 484 g/mol. The minimum atomic E-state index is -0.575. The highest BCUT2D eigenvalue weighted by Crippen LogP contribution is 2.33. The van der Waals surface area contributed by atoms with Crippen LogP contribution >= 0.6 is 22.7 Å². The molecule has 9 heteroatoms. The largest absolute Gasteiger partial charge is 0.493 e. The molecule has 2 aromatic heterocycles. The standard InChI is InChI=1S/C26H28N2O5S2/c1-5-6-7-12-33-18-11-10-17(14-19(18)31-3)15-21-24(29)28-23(20-9-8-13-34-20)22(25(30)32-4)16(2)27-26(28)35-21/h8-11,13-15,23H,5-7,12H2,1-4H3/b21-15+/t23-/m0/s1. The first kappa shape index (κ1) is 24.9. The van der Waals surface area contributed by atoms with Crippen molar-refractivity contribution in [3.63, 3.8) is 0 Å². The van der Waals surface area contributed by atoms with Gasteiger partial charge in [0.25, 0.3) is 5.56 Å². The van der Waals surface area contributed by atoms with E-state index in [1.54, 1.807) is 18.6 Å². The molecule has 0 unspecified atom stereocenters. The molecule has 0 fully saturated rings. The maximum absolute atomic E-state index is 13.6. The first-order valence-electron chi connectivity index (χ1n) is 11.4. The van der Waals surface area contributed by atoms with Gasteiger partial charge in [-0.3, -0.25) is 9.36 Å². The van der Waals surface area contributed by atoms with Crippen LogP contribution in [0.4, 0.5) is 0 Å². The third kappa shape index (κ3) is 5.11. The number of thiophene rings is 1. The lowest BCUT2D eigenvalue weighted by Gasteiger charge is -2.22. The van der Waals surface area contributed by atoms with Gasteiger partial charge in [-0.15, -0.1) is 11.3 Å². The topological polar surface area (TPSA) is 79.1 Å². The van der Waals surface area contributed by atoms with Crippen LogP contribution in [0.5, 0.6) is 11.5 Å². The molecule has 3 aromatic rings. The molecule has 1 aliphatic heterocycles. The number of hydrogen-bond donors (Lipinski definition) is 0. The average Bonchev–Trinajstić information content (AvgIpc) is 3.50. The summed E-state index contributed by atoms with van der Waals surface area (Å²) in [5, 5.41) is 1.92. The number of unbranched alkanes of at least 4 members (excludes halogenated alkanes) is 2. The Kier molecular flexibility index (Phi) is 7.87. The highest BCUT2D eigenvalue weighted by atomic mass is 32.1. The first-order valence-corrected chi connectivity index (χ1v) is 13.1. The number of nitrogens with zero attached hydrogens (tertiary/aromatic N) is 2. The molecule has 0 amide bonds. The van der Waals surface area contributed by atoms with E-state index in [-0.39, 0.29) is 5.56 Å².